The molecule has 3 aliphatic rings. The smallest absolute Gasteiger partial charge is 0.311 e. The summed E-state index contributed by atoms with van der Waals surface area (Å²) in [7, 11) is 0. The number of unbranched alkanes of at least 4 members (excludes halogenated alkanes) is 8. The lowest BCUT2D eigenvalue weighted by atomic mass is 9.77. The van der Waals surface area contributed by atoms with Gasteiger partial charge in [0.25, 0.3) is 0 Å². The largest absolute Gasteiger partial charge is 0.462 e. The Morgan fingerprint density at radius 3 is 1.20 bits per heavy atom. The summed E-state index contributed by atoms with van der Waals surface area (Å²) in [5.74, 6) is 0.443. The van der Waals surface area contributed by atoms with E-state index < -0.39 is 11.8 Å². The number of esters is 2. The monoisotopic (exact) mass is 649 g/mol. The predicted molar refractivity (Wildman–Crippen MR) is 187 cm³/mol. The van der Waals surface area contributed by atoms with Gasteiger partial charge in [-0.25, -0.2) is 0 Å². The normalized spacial score (nSPS) is 30.2. The molecule has 0 bridgehead atoms. The van der Waals surface area contributed by atoms with Gasteiger partial charge in [0.2, 0.25) is 0 Å². The second-order valence-corrected chi connectivity index (χ2v) is 15.1. The van der Waals surface area contributed by atoms with Crippen LogP contribution in [-0.4, -0.2) is 49.6 Å². The molecular formula is C40H72O6. The third-order valence-corrected chi connectivity index (χ3v) is 11.2. The summed E-state index contributed by atoms with van der Waals surface area (Å²) in [4.78, 5) is 27.5. The van der Waals surface area contributed by atoms with Gasteiger partial charge in [0.1, 0.15) is 12.2 Å². The first-order valence-corrected chi connectivity index (χ1v) is 20.1. The van der Waals surface area contributed by atoms with E-state index in [4.69, 9.17) is 18.9 Å². The molecule has 0 heterocycles. The Morgan fingerprint density at radius 2 is 0.848 bits per heavy atom. The standard InChI is InChI=1S/C40H72O6/c1-5-9-13-15-17-31-19-23-33(24-20-31)45-39(41)35-29-38(44-28-12-8-4)36(30-37(35)43-27-11-7-3)40(42)46-34-25-21-32(22-26-34)18-16-14-10-6-2/h31-38H,5-30H2,1-4H3. The molecule has 0 aromatic carbocycles. The molecule has 0 N–H and O–H groups in total. The van der Waals surface area contributed by atoms with E-state index in [1.807, 2.05) is 0 Å². The molecule has 0 saturated heterocycles. The van der Waals surface area contributed by atoms with Gasteiger partial charge in [0.15, 0.2) is 0 Å². The van der Waals surface area contributed by atoms with Crippen LogP contribution in [0.4, 0.5) is 0 Å². The fraction of sp³-hybridized carbons (Fsp3) is 0.950. The Balaban J connectivity index is 1.57. The van der Waals surface area contributed by atoms with Crippen molar-refractivity contribution in [2.75, 3.05) is 13.2 Å². The number of rotatable bonds is 22. The highest BCUT2D eigenvalue weighted by atomic mass is 16.6. The van der Waals surface area contributed by atoms with Crippen LogP contribution in [0.1, 0.15) is 182 Å². The third-order valence-electron chi connectivity index (χ3n) is 11.2. The molecule has 0 aromatic heterocycles. The van der Waals surface area contributed by atoms with Crippen molar-refractivity contribution in [1.29, 1.82) is 0 Å². The SMILES string of the molecule is CCCCCCC1CCC(OC(=O)C2CC(OCCCC)C(C(=O)OC3CCC(CCCCCC)CC3)CC2OCCCC)CC1. The topological polar surface area (TPSA) is 71.1 Å². The van der Waals surface area contributed by atoms with Crippen molar-refractivity contribution in [3.05, 3.63) is 0 Å². The molecule has 3 fully saturated rings. The lowest BCUT2D eigenvalue weighted by Crippen LogP contribution is -2.49. The molecule has 0 aromatic rings. The van der Waals surface area contributed by atoms with Crippen LogP contribution >= 0.6 is 0 Å². The number of hydrogen-bond acceptors (Lipinski definition) is 6. The zero-order chi connectivity index (χ0) is 33.0. The fourth-order valence-corrected chi connectivity index (χ4v) is 8.05. The molecule has 0 aliphatic heterocycles. The average molecular weight is 649 g/mol. The molecule has 4 unspecified atom stereocenters. The van der Waals surface area contributed by atoms with Crippen molar-refractivity contribution in [2.24, 2.45) is 23.7 Å². The van der Waals surface area contributed by atoms with Gasteiger partial charge in [-0.2, -0.15) is 0 Å². The van der Waals surface area contributed by atoms with Crippen LogP contribution in [0.25, 0.3) is 0 Å². The average Bonchev–Trinajstić information content (AvgIpc) is 3.07. The molecule has 3 saturated carbocycles. The van der Waals surface area contributed by atoms with Crippen molar-refractivity contribution in [1.82, 2.24) is 0 Å². The molecule has 46 heavy (non-hydrogen) atoms. The van der Waals surface area contributed by atoms with E-state index in [1.165, 1.54) is 64.2 Å². The van der Waals surface area contributed by atoms with Crippen LogP contribution in [0, 0.1) is 23.7 Å². The molecule has 0 amide bonds. The number of carbonyl (C=O) groups is 2. The molecule has 4 atom stereocenters. The zero-order valence-electron chi connectivity index (χ0n) is 30.5. The van der Waals surface area contributed by atoms with Crippen LogP contribution in [0.15, 0.2) is 0 Å². The van der Waals surface area contributed by atoms with Crippen molar-refractivity contribution in [2.45, 2.75) is 206 Å². The first-order valence-electron chi connectivity index (χ1n) is 20.1. The van der Waals surface area contributed by atoms with Crippen molar-refractivity contribution in [3.8, 4) is 0 Å². The van der Waals surface area contributed by atoms with Crippen LogP contribution in [-0.2, 0) is 28.5 Å². The van der Waals surface area contributed by atoms with E-state index in [-0.39, 0.29) is 36.4 Å². The first kappa shape index (κ1) is 39.3. The van der Waals surface area contributed by atoms with Gasteiger partial charge < -0.3 is 18.9 Å². The summed E-state index contributed by atoms with van der Waals surface area (Å²) in [5, 5.41) is 0. The van der Waals surface area contributed by atoms with E-state index >= 15 is 0 Å². The minimum atomic E-state index is -0.401. The van der Waals surface area contributed by atoms with E-state index in [9.17, 15) is 9.59 Å². The van der Waals surface area contributed by atoms with Gasteiger partial charge in [0, 0.05) is 13.2 Å². The molecule has 6 nitrogen and oxygen atoms in total. The van der Waals surface area contributed by atoms with Crippen molar-refractivity contribution in [3.63, 3.8) is 0 Å². The fourth-order valence-electron chi connectivity index (χ4n) is 8.05. The van der Waals surface area contributed by atoms with Crippen LogP contribution in [0.2, 0.25) is 0 Å². The molecule has 6 heteroatoms. The van der Waals surface area contributed by atoms with Gasteiger partial charge >= 0.3 is 11.9 Å². The Labute approximate surface area is 283 Å². The second kappa shape index (κ2) is 23.3. The molecular weight excluding hydrogens is 576 g/mol. The highest BCUT2D eigenvalue weighted by Gasteiger charge is 2.47. The number of ether oxygens (including phenoxy) is 4. The summed E-state index contributed by atoms with van der Waals surface area (Å²) < 4.78 is 25.2. The van der Waals surface area contributed by atoms with E-state index in [2.05, 4.69) is 27.7 Å². The van der Waals surface area contributed by atoms with Gasteiger partial charge in [0.05, 0.1) is 24.0 Å². The quantitative estimate of drug-likeness (QED) is 0.0859. The number of hydrogen-bond donors (Lipinski definition) is 0. The predicted octanol–water partition coefficient (Wildman–Crippen LogP) is 10.5. The minimum absolute atomic E-state index is 0.000366. The third kappa shape index (κ3) is 14.1. The lowest BCUT2D eigenvalue weighted by molar-refractivity contribution is -0.182. The molecule has 3 rings (SSSR count). The Bertz CT molecular complexity index is 734. The van der Waals surface area contributed by atoms with Gasteiger partial charge in [-0.05, 0) is 88.9 Å². The van der Waals surface area contributed by atoms with E-state index in [0.717, 1.165) is 88.9 Å². The Kier molecular flexibility index (Phi) is 19.9. The van der Waals surface area contributed by atoms with Crippen LogP contribution in [0.3, 0.4) is 0 Å². The lowest BCUT2D eigenvalue weighted by Gasteiger charge is -2.40. The van der Waals surface area contributed by atoms with Gasteiger partial charge in [-0.15, -0.1) is 0 Å². The zero-order valence-corrected chi connectivity index (χ0v) is 30.5. The molecule has 0 spiro atoms. The highest BCUT2D eigenvalue weighted by Crippen LogP contribution is 2.38. The molecule has 3 aliphatic carbocycles. The van der Waals surface area contributed by atoms with Crippen LogP contribution < -0.4 is 0 Å². The van der Waals surface area contributed by atoms with Gasteiger partial charge in [-0.3, -0.25) is 9.59 Å². The van der Waals surface area contributed by atoms with Gasteiger partial charge in [-0.1, -0.05) is 105 Å². The maximum absolute atomic E-state index is 13.8. The molecule has 268 valence electrons. The van der Waals surface area contributed by atoms with Crippen LogP contribution in [0.5, 0.6) is 0 Å². The van der Waals surface area contributed by atoms with Crippen molar-refractivity contribution < 1.29 is 28.5 Å². The Morgan fingerprint density at radius 1 is 0.478 bits per heavy atom. The minimum Gasteiger partial charge on any atom is -0.462 e. The second-order valence-electron chi connectivity index (χ2n) is 15.1. The Hall–Kier alpha value is -1.14. The molecule has 0 radical (unpaired) electrons. The first-order chi connectivity index (χ1) is 22.5. The van der Waals surface area contributed by atoms with E-state index in [0.29, 0.717) is 26.1 Å². The summed E-state index contributed by atoms with van der Waals surface area (Å²) in [5.41, 5.74) is 0. The van der Waals surface area contributed by atoms with E-state index in [1.54, 1.807) is 0 Å². The summed E-state index contributed by atoms with van der Waals surface area (Å²) in [6.07, 6.45) is 25.8. The maximum Gasteiger partial charge on any atom is 0.311 e. The number of carbonyl (C=O) groups excluding carboxylic acids is 2. The summed E-state index contributed by atoms with van der Waals surface area (Å²) in [6, 6.07) is 0. The van der Waals surface area contributed by atoms with Crippen molar-refractivity contribution >= 4 is 11.9 Å². The summed E-state index contributed by atoms with van der Waals surface area (Å²) in [6.45, 7) is 10.0. The summed E-state index contributed by atoms with van der Waals surface area (Å²) >= 11 is 0. The maximum atomic E-state index is 13.8. The highest BCUT2D eigenvalue weighted by molar-refractivity contribution is 5.77.